The van der Waals surface area contributed by atoms with Gasteiger partial charge in [-0.05, 0) is 12.1 Å². The molecule has 2 fully saturated rings. The summed E-state index contributed by atoms with van der Waals surface area (Å²) in [6.45, 7) is 12.6. The Hall–Kier alpha value is -5.56. The van der Waals surface area contributed by atoms with Gasteiger partial charge in [0.25, 0.3) is 0 Å². The molecule has 0 bridgehead atoms. The maximum absolute atomic E-state index is 13.6. The maximum atomic E-state index is 13.6. The Balaban J connectivity index is 1.06. The Morgan fingerprint density at radius 1 is 0.753 bits per heavy atom. The second-order valence-corrected chi connectivity index (χ2v) is 30.5. The third-order valence-electron chi connectivity index (χ3n) is 13.6. The molecule has 2 aromatic heterocycles. The molecule has 386 valence electrons. The van der Waals surface area contributed by atoms with Gasteiger partial charge < -0.3 is 0 Å². The van der Waals surface area contributed by atoms with E-state index in [9.17, 15) is 19.2 Å². The van der Waals surface area contributed by atoms with E-state index in [1.807, 2.05) is 91.6 Å². The van der Waals surface area contributed by atoms with Crippen LogP contribution in [0.5, 0.6) is 11.5 Å². The van der Waals surface area contributed by atoms with Gasteiger partial charge in [-0.1, -0.05) is 18.2 Å². The van der Waals surface area contributed by atoms with Crippen LogP contribution in [0.25, 0.3) is 0 Å². The number of hydrogen-bond donors (Lipinski definition) is 2. The molecule has 17 nitrogen and oxygen atoms in total. The standard InChI is InChI=1S/C53H62N5O12PSeSi/c1-52(2,3)73(7,8)70-42-32-48(57-29-27-45(55-50(57)61)54-49(60)35-15-11-9-12-16-35)68-44(42)34-66-71(6,72)69-41-31-47(58-30-28-46(59)56-51(58)62)67-43(41)33-65-53(36-17-13-10-14-18-36,37-19-23-39(63-4)24-20-37)38-21-25-40(64-5)26-22-38/h9-30,41-44,47-48H,31-34H2,1-8H3,(H,56,59,62)(H,54,55,60,61)/t41-,42-,43+,44+,47+,48+,71?/m0/s1. The minimum absolute atomic E-state index is 0.0282. The minimum atomic E-state index is -2.91. The van der Waals surface area contributed by atoms with Crippen molar-refractivity contribution in [2.75, 3.05) is 39.4 Å². The number of carbonyl (C=O) groups is 1. The summed E-state index contributed by atoms with van der Waals surface area (Å²) in [4.78, 5) is 58.4. The fourth-order valence-electron chi connectivity index (χ4n) is 8.73. The third kappa shape index (κ3) is 12.4. The summed E-state index contributed by atoms with van der Waals surface area (Å²) in [5.74, 6) is -1.84. The van der Waals surface area contributed by atoms with Crippen LogP contribution < -0.4 is 31.7 Å². The van der Waals surface area contributed by atoms with Gasteiger partial charge in [0.15, 0.2) is 0 Å². The molecule has 2 N–H and O–H groups in total. The second-order valence-electron chi connectivity index (χ2n) is 19.5. The number of rotatable bonds is 19. The molecule has 0 saturated carbocycles. The zero-order valence-corrected chi connectivity index (χ0v) is 45.7. The summed E-state index contributed by atoms with van der Waals surface area (Å²) >= 11 is 3.19. The van der Waals surface area contributed by atoms with Gasteiger partial charge in [-0.25, -0.2) is 0 Å². The summed E-state index contributed by atoms with van der Waals surface area (Å²) in [6, 6.07) is 36.8. The third-order valence-corrected chi connectivity index (χ3v) is 20.6. The van der Waals surface area contributed by atoms with Crippen molar-refractivity contribution in [3.05, 3.63) is 187 Å². The average molecular weight is 1100 g/mol. The van der Waals surface area contributed by atoms with Crippen molar-refractivity contribution in [1.82, 2.24) is 19.1 Å². The van der Waals surface area contributed by atoms with E-state index in [2.05, 4.69) is 64.2 Å². The van der Waals surface area contributed by atoms with E-state index in [0.717, 1.165) is 16.7 Å². The molecule has 4 aromatic carbocycles. The van der Waals surface area contributed by atoms with Gasteiger partial charge in [-0.15, -0.1) is 0 Å². The molecular formula is C53H62N5O12PSeSi. The van der Waals surface area contributed by atoms with Gasteiger partial charge in [0.05, 0.1) is 14.2 Å². The van der Waals surface area contributed by atoms with Crippen LogP contribution in [0, 0.1) is 0 Å². The van der Waals surface area contributed by atoms with Crippen LogP contribution in [-0.4, -0.2) is 107 Å². The van der Waals surface area contributed by atoms with E-state index in [1.165, 1.54) is 21.4 Å². The molecule has 4 heterocycles. The van der Waals surface area contributed by atoms with Crippen LogP contribution in [0.2, 0.25) is 18.1 Å². The average Bonchev–Trinajstić information content (AvgIpc) is 3.96. The van der Waals surface area contributed by atoms with E-state index in [1.54, 1.807) is 50.7 Å². The first-order chi connectivity index (χ1) is 34.8. The first-order valence-electron chi connectivity index (χ1n) is 23.9. The van der Waals surface area contributed by atoms with Crippen molar-refractivity contribution in [1.29, 1.82) is 0 Å². The van der Waals surface area contributed by atoms with Crippen LogP contribution in [0.1, 0.15) is 73.1 Å². The number of nitrogens with zero attached hydrogens (tertiary/aromatic N) is 3. The fraction of sp³-hybridized carbons (Fsp3) is 0.377. The number of amides is 1. The number of aromatic nitrogens is 4. The van der Waals surface area contributed by atoms with Crippen molar-refractivity contribution in [2.24, 2.45) is 0 Å². The van der Waals surface area contributed by atoms with E-state index in [-0.39, 0.29) is 30.5 Å². The molecule has 8 rings (SSSR count). The SMILES string of the molecule is COc1ccc(C(OC[C@H]2O[C@@H](n3ccc(=O)[nH]c3=O)C[C@@H]2OP(C)(=[Se])OC[C@H]2O[C@@H](n3ccc(NC(=O)c4ccccc4)nc3=O)C[C@@H]2O[Si](C)(C)C(C)(C)C)(c2ccccc2)c2ccc(OC)cc2)cc1. The molecule has 1 amide bonds. The predicted molar refractivity (Wildman–Crippen MR) is 281 cm³/mol. The molecule has 7 atom stereocenters. The van der Waals surface area contributed by atoms with Gasteiger partial charge in [0, 0.05) is 5.56 Å². The first kappa shape index (κ1) is 53.7. The molecule has 0 radical (unpaired) electrons. The second kappa shape index (κ2) is 22.5. The summed E-state index contributed by atoms with van der Waals surface area (Å²) in [5, 5.41) is 2.56. The van der Waals surface area contributed by atoms with E-state index < -0.39 is 79.6 Å². The zero-order valence-electron chi connectivity index (χ0n) is 42.1. The number of aromatic amines is 1. The van der Waals surface area contributed by atoms with Crippen LogP contribution >= 0.6 is 5.96 Å². The van der Waals surface area contributed by atoms with Gasteiger partial charge in [0.2, 0.25) is 0 Å². The number of carbonyl (C=O) groups excluding carboxylic acids is 1. The van der Waals surface area contributed by atoms with E-state index >= 15 is 0 Å². The Morgan fingerprint density at radius 2 is 1.29 bits per heavy atom. The number of hydrogen-bond acceptors (Lipinski definition) is 13. The van der Waals surface area contributed by atoms with Crippen LogP contribution in [0.4, 0.5) is 5.82 Å². The van der Waals surface area contributed by atoms with Crippen molar-refractivity contribution in [3.8, 4) is 11.5 Å². The van der Waals surface area contributed by atoms with Crippen molar-refractivity contribution >= 4 is 41.1 Å². The predicted octanol–water partition coefficient (Wildman–Crippen LogP) is 8.00. The normalized spacial score (nSPS) is 21.1. The van der Waals surface area contributed by atoms with Crippen molar-refractivity contribution in [3.63, 3.8) is 0 Å². The number of methoxy groups -OCH3 is 2. The number of nitrogens with one attached hydrogen (secondary N) is 2. The van der Waals surface area contributed by atoms with Crippen molar-refractivity contribution in [2.45, 2.75) is 94.2 Å². The topological polar surface area (TPSA) is 193 Å². The Bertz CT molecular complexity index is 3030. The summed E-state index contributed by atoms with van der Waals surface area (Å²) in [6.07, 6.45) is -0.687. The summed E-state index contributed by atoms with van der Waals surface area (Å²) < 4.78 is 55.1. The quantitative estimate of drug-likeness (QED) is 0.0451. The molecule has 1 unspecified atom stereocenters. The molecular weight excluding hydrogens is 1040 g/mol. The van der Waals surface area contributed by atoms with Crippen molar-refractivity contribution < 1.29 is 42.0 Å². The Labute approximate surface area is 432 Å². The van der Waals surface area contributed by atoms with Crippen LogP contribution in [-0.2, 0) is 33.3 Å². The molecule has 2 aliphatic heterocycles. The van der Waals surface area contributed by atoms with Gasteiger partial charge in [-0.2, -0.15) is 0 Å². The molecule has 73 heavy (non-hydrogen) atoms. The van der Waals surface area contributed by atoms with Gasteiger partial charge in [-0.3, -0.25) is 4.79 Å². The molecule has 2 aliphatic rings. The van der Waals surface area contributed by atoms with Crippen LogP contribution in [0.15, 0.2) is 148 Å². The number of ether oxygens (including phenoxy) is 5. The monoisotopic (exact) mass is 1100 g/mol. The summed E-state index contributed by atoms with van der Waals surface area (Å²) in [7, 11) is 0.834. The molecule has 2 saturated heterocycles. The molecule has 0 spiro atoms. The first-order valence-corrected chi connectivity index (χ1v) is 31.1. The van der Waals surface area contributed by atoms with E-state index in [0.29, 0.717) is 23.5 Å². The summed E-state index contributed by atoms with van der Waals surface area (Å²) in [5.41, 5.74) is -0.0751. The Kier molecular flexibility index (Phi) is 16.6. The number of H-pyrrole nitrogens is 1. The van der Waals surface area contributed by atoms with E-state index in [4.69, 9.17) is 37.2 Å². The van der Waals surface area contributed by atoms with Gasteiger partial charge in [0.1, 0.15) is 0 Å². The molecule has 6 aromatic rings. The molecule has 0 aliphatic carbocycles. The van der Waals surface area contributed by atoms with Crippen LogP contribution in [0.3, 0.4) is 0 Å². The number of anilines is 1. The Morgan fingerprint density at radius 3 is 1.85 bits per heavy atom. The number of benzene rings is 4. The van der Waals surface area contributed by atoms with Gasteiger partial charge >= 0.3 is 380 Å². The molecule has 20 heteroatoms. The zero-order chi connectivity index (χ0) is 52.1. The fourth-order valence-corrected chi connectivity index (χ4v) is 12.4.